The Bertz CT molecular complexity index is 451. The van der Waals surface area contributed by atoms with Crippen molar-refractivity contribution in [1.29, 1.82) is 0 Å². The monoisotopic (exact) mass is 221 g/mol. The highest BCUT2D eigenvalue weighted by molar-refractivity contribution is 6.01. The molecule has 0 unspecified atom stereocenters. The van der Waals surface area contributed by atoms with Gasteiger partial charge in [-0.3, -0.25) is 4.98 Å². The van der Waals surface area contributed by atoms with E-state index in [9.17, 15) is 9.59 Å². The standard InChI is InChI=1S/C11H11NO4/c13-10(14)7-4-9(6-2-1-3-6)12-5-8(7)11(15)16/h4-6H,1-3H2,(H,13,14)(H,15,16). The zero-order valence-corrected chi connectivity index (χ0v) is 8.51. The molecule has 1 aromatic heterocycles. The van der Waals surface area contributed by atoms with Gasteiger partial charge in [-0.15, -0.1) is 0 Å². The molecule has 2 rings (SSSR count). The molecule has 5 heteroatoms. The van der Waals surface area contributed by atoms with Crippen LogP contribution in [-0.4, -0.2) is 27.1 Å². The fourth-order valence-electron chi connectivity index (χ4n) is 1.75. The van der Waals surface area contributed by atoms with E-state index in [2.05, 4.69) is 4.98 Å². The number of hydrogen-bond donors (Lipinski definition) is 2. The van der Waals surface area contributed by atoms with Gasteiger partial charge in [0, 0.05) is 17.8 Å². The van der Waals surface area contributed by atoms with E-state index >= 15 is 0 Å². The van der Waals surface area contributed by atoms with Gasteiger partial charge < -0.3 is 10.2 Å². The van der Waals surface area contributed by atoms with Crippen LogP contribution in [0.4, 0.5) is 0 Å². The summed E-state index contributed by atoms with van der Waals surface area (Å²) in [6.07, 6.45) is 4.26. The van der Waals surface area contributed by atoms with E-state index in [1.165, 1.54) is 6.07 Å². The lowest BCUT2D eigenvalue weighted by Crippen LogP contribution is -2.15. The van der Waals surface area contributed by atoms with Crippen LogP contribution in [-0.2, 0) is 0 Å². The van der Waals surface area contributed by atoms with Crippen LogP contribution in [0.5, 0.6) is 0 Å². The molecular formula is C11H11NO4. The second-order valence-corrected chi connectivity index (χ2v) is 3.89. The van der Waals surface area contributed by atoms with Crippen LogP contribution in [0.25, 0.3) is 0 Å². The molecule has 0 radical (unpaired) electrons. The second kappa shape index (κ2) is 3.92. The summed E-state index contributed by atoms with van der Waals surface area (Å²) in [4.78, 5) is 25.7. The average molecular weight is 221 g/mol. The summed E-state index contributed by atoms with van der Waals surface area (Å²) in [5.41, 5.74) is 0.258. The Morgan fingerprint density at radius 3 is 2.25 bits per heavy atom. The van der Waals surface area contributed by atoms with Crippen molar-refractivity contribution in [2.24, 2.45) is 0 Å². The summed E-state index contributed by atoms with van der Waals surface area (Å²) in [5.74, 6) is -2.19. The van der Waals surface area contributed by atoms with Crippen LogP contribution >= 0.6 is 0 Å². The van der Waals surface area contributed by atoms with E-state index in [0.717, 1.165) is 25.5 Å². The molecule has 0 aromatic carbocycles. The van der Waals surface area contributed by atoms with Gasteiger partial charge >= 0.3 is 11.9 Å². The normalized spacial score (nSPS) is 15.5. The van der Waals surface area contributed by atoms with Crippen LogP contribution in [0.3, 0.4) is 0 Å². The number of aromatic nitrogens is 1. The Hall–Kier alpha value is -1.91. The number of hydrogen-bond acceptors (Lipinski definition) is 3. The Morgan fingerprint density at radius 2 is 1.81 bits per heavy atom. The number of carboxylic acids is 2. The van der Waals surface area contributed by atoms with Gasteiger partial charge in [0.2, 0.25) is 0 Å². The molecule has 1 aliphatic carbocycles. The lowest BCUT2D eigenvalue weighted by molar-refractivity contribution is 0.0650. The van der Waals surface area contributed by atoms with E-state index in [1.54, 1.807) is 0 Å². The molecule has 1 heterocycles. The van der Waals surface area contributed by atoms with Crippen LogP contribution in [0.1, 0.15) is 51.6 Å². The van der Waals surface area contributed by atoms with Crippen molar-refractivity contribution in [1.82, 2.24) is 4.98 Å². The highest BCUT2D eigenvalue weighted by Crippen LogP contribution is 2.35. The highest BCUT2D eigenvalue weighted by Gasteiger charge is 2.24. The smallest absolute Gasteiger partial charge is 0.338 e. The van der Waals surface area contributed by atoms with Crippen molar-refractivity contribution in [2.45, 2.75) is 25.2 Å². The Balaban J connectivity index is 2.42. The van der Waals surface area contributed by atoms with Crippen molar-refractivity contribution < 1.29 is 19.8 Å². The summed E-state index contributed by atoms with van der Waals surface area (Å²) >= 11 is 0. The average Bonchev–Trinajstić information content (AvgIpc) is 2.14. The topological polar surface area (TPSA) is 87.5 Å². The Morgan fingerprint density at radius 1 is 1.19 bits per heavy atom. The Labute approximate surface area is 91.7 Å². The summed E-state index contributed by atoms with van der Waals surface area (Å²) in [6.45, 7) is 0. The van der Waals surface area contributed by atoms with E-state index < -0.39 is 11.9 Å². The number of aromatic carboxylic acids is 2. The molecule has 1 aromatic rings. The van der Waals surface area contributed by atoms with Crippen molar-refractivity contribution >= 4 is 11.9 Å². The largest absolute Gasteiger partial charge is 0.478 e. The molecule has 1 fully saturated rings. The van der Waals surface area contributed by atoms with Crippen LogP contribution in [0.15, 0.2) is 12.3 Å². The zero-order valence-electron chi connectivity index (χ0n) is 8.51. The third kappa shape index (κ3) is 1.76. The minimum atomic E-state index is -1.26. The summed E-state index contributed by atoms with van der Waals surface area (Å²) < 4.78 is 0. The minimum Gasteiger partial charge on any atom is -0.478 e. The van der Waals surface area contributed by atoms with Crippen molar-refractivity contribution in [2.75, 3.05) is 0 Å². The summed E-state index contributed by atoms with van der Waals surface area (Å²) in [7, 11) is 0. The predicted octanol–water partition coefficient (Wildman–Crippen LogP) is 1.75. The molecule has 0 amide bonds. The van der Waals surface area contributed by atoms with E-state index in [4.69, 9.17) is 10.2 Å². The molecule has 1 saturated carbocycles. The maximum Gasteiger partial charge on any atom is 0.338 e. The van der Waals surface area contributed by atoms with Gasteiger partial charge in [0.05, 0.1) is 11.1 Å². The van der Waals surface area contributed by atoms with E-state index in [-0.39, 0.29) is 11.1 Å². The quantitative estimate of drug-likeness (QED) is 0.811. The number of carboxylic acid groups (broad SMARTS) is 2. The van der Waals surface area contributed by atoms with Crippen LogP contribution < -0.4 is 0 Å². The van der Waals surface area contributed by atoms with Crippen molar-refractivity contribution in [3.63, 3.8) is 0 Å². The molecular weight excluding hydrogens is 210 g/mol. The van der Waals surface area contributed by atoms with Gasteiger partial charge in [0.25, 0.3) is 0 Å². The third-order valence-electron chi connectivity index (χ3n) is 2.91. The Kier molecular flexibility index (Phi) is 2.60. The lowest BCUT2D eigenvalue weighted by atomic mass is 9.82. The third-order valence-corrected chi connectivity index (χ3v) is 2.91. The number of nitrogens with zero attached hydrogens (tertiary/aromatic N) is 1. The second-order valence-electron chi connectivity index (χ2n) is 3.89. The van der Waals surface area contributed by atoms with Gasteiger partial charge in [0.1, 0.15) is 0 Å². The molecule has 84 valence electrons. The first-order valence-corrected chi connectivity index (χ1v) is 5.06. The first-order chi connectivity index (χ1) is 7.59. The summed E-state index contributed by atoms with van der Waals surface area (Å²) in [5, 5.41) is 17.7. The fourth-order valence-corrected chi connectivity index (χ4v) is 1.75. The van der Waals surface area contributed by atoms with Crippen molar-refractivity contribution in [3.05, 3.63) is 29.1 Å². The molecule has 0 aliphatic heterocycles. The van der Waals surface area contributed by atoms with E-state index in [0.29, 0.717) is 11.6 Å². The van der Waals surface area contributed by atoms with Gasteiger partial charge in [0.15, 0.2) is 0 Å². The molecule has 16 heavy (non-hydrogen) atoms. The summed E-state index contributed by atoms with van der Waals surface area (Å²) in [6, 6.07) is 1.38. The van der Waals surface area contributed by atoms with E-state index in [1.807, 2.05) is 0 Å². The molecule has 0 saturated heterocycles. The van der Waals surface area contributed by atoms with Gasteiger partial charge in [-0.05, 0) is 18.9 Å². The van der Waals surface area contributed by atoms with Gasteiger partial charge in [-0.2, -0.15) is 0 Å². The lowest BCUT2D eigenvalue weighted by Gasteiger charge is -2.24. The van der Waals surface area contributed by atoms with Crippen LogP contribution in [0.2, 0.25) is 0 Å². The predicted molar refractivity (Wildman–Crippen MR) is 54.7 cm³/mol. The molecule has 0 atom stereocenters. The van der Waals surface area contributed by atoms with Gasteiger partial charge in [-0.25, -0.2) is 9.59 Å². The molecule has 0 spiro atoms. The molecule has 0 bridgehead atoms. The molecule has 5 nitrogen and oxygen atoms in total. The fraction of sp³-hybridized carbons (Fsp3) is 0.364. The van der Waals surface area contributed by atoms with Crippen molar-refractivity contribution in [3.8, 4) is 0 Å². The highest BCUT2D eigenvalue weighted by atomic mass is 16.4. The minimum absolute atomic E-state index is 0.176. The van der Waals surface area contributed by atoms with Crippen LogP contribution in [0, 0.1) is 0 Å². The number of pyridine rings is 1. The number of carbonyl (C=O) groups is 2. The first-order valence-electron chi connectivity index (χ1n) is 5.06. The van der Waals surface area contributed by atoms with Gasteiger partial charge in [-0.1, -0.05) is 6.42 Å². The zero-order chi connectivity index (χ0) is 11.7. The first kappa shape index (κ1) is 10.6. The molecule has 1 aliphatic rings. The maximum atomic E-state index is 10.9. The SMILES string of the molecule is O=C(O)c1cnc(C2CCC2)cc1C(=O)O. The number of rotatable bonds is 3. The molecule has 2 N–H and O–H groups in total. The maximum absolute atomic E-state index is 10.9.